The summed E-state index contributed by atoms with van der Waals surface area (Å²) < 4.78 is 27.2. The number of amides is 1. The third kappa shape index (κ3) is 2.69. The van der Waals surface area contributed by atoms with Gasteiger partial charge in [-0.15, -0.1) is 0 Å². The van der Waals surface area contributed by atoms with Crippen molar-refractivity contribution < 1.29 is 23.5 Å². The Morgan fingerprint density at radius 2 is 1.82 bits per heavy atom. The zero-order valence-electron chi connectivity index (χ0n) is 12.6. The minimum Gasteiger partial charge on any atom is -0.481 e. The second-order valence-electron chi connectivity index (χ2n) is 6.29. The first kappa shape index (κ1) is 16.4. The average molecular weight is 311 g/mol. The Morgan fingerprint density at radius 1 is 1.27 bits per heavy atom. The molecule has 0 bridgehead atoms. The molecule has 0 aliphatic heterocycles. The van der Waals surface area contributed by atoms with Gasteiger partial charge in [-0.05, 0) is 45.2 Å². The van der Waals surface area contributed by atoms with Gasteiger partial charge in [-0.25, -0.2) is 8.78 Å². The van der Waals surface area contributed by atoms with Crippen molar-refractivity contribution in [1.82, 2.24) is 5.32 Å². The zero-order valence-corrected chi connectivity index (χ0v) is 12.6. The number of carboxylic acid groups (broad SMARTS) is 1. The van der Waals surface area contributed by atoms with Crippen LogP contribution >= 0.6 is 0 Å². The Labute approximate surface area is 127 Å². The van der Waals surface area contributed by atoms with Crippen LogP contribution in [0.15, 0.2) is 18.2 Å². The van der Waals surface area contributed by atoms with Crippen LogP contribution < -0.4 is 5.32 Å². The summed E-state index contributed by atoms with van der Waals surface area (Å²) in [4.78, 5) is 23.6. The molecule has 1 aliphatic carbocycles. The molecule has 1 aromatic carbocycles. The standard InChI is InChI=1S/C16H19F2NO3/c1-15(2,14(21)22)16(7-4-8-16)19-13(20)9-10-11(17)5-3-6-12(10)18/h3,5-6H,4,7-9H2,1-2H3,(H,19,20)(H,21,22). The van der Waals surface area contributed by atoms with Gasteiger partial charge in [-0.3, -0.25) is 9.59 Å². The van der Waals surface area contributed by atoms with E-state index in [2.05, 4.69) is 5.32 Å². The van der Waals surface area contributed by atoms with E-state index in [-0.39, 0.29) is 5.56 Å². The molecule has 0 saturated heterocycles. The molecule has 22 heavy (non-hydrogen) atoms. The second-order valence-corrected chi connectivity index (χ2v) is 6.29. The molecule has 1 aromatic rings. The van der Waals surface area contributed by atoms with Gasteiger partial charge in [0.2, 0.25) is 5.91 Å². The van der Waals surface area contributed by atoms with Crippen LogP contribution in [0.4, 0.5) is 8.78 Å². The summed E-state index contributed by atoms with van der Waals surface area (Å²) in [7, 11) is 0. The van der Waals surface area contributed by atoms with Crippen molar-refractivity contribution in [2.45, 2.75) is 45.1 Å². The van der Waals surface area contributed by atoms with Gasteiger partial charge < -0.3 is 10.4 Å². The molecule has 2 rings (SSSR count). The van der Waals surface area contributed by atoms with E-state index >= 15 is 0 Å². The quantitative estimate of drug-likeness (QED) is 0.878. The first-order chi connectivity index (χ1) is 10.2. The third-order valence-corrected chi connectivity index (χ3v) is 4.72. The topological polar surface area (TPSA) is 66.4 Å². The van der Waals surface area contributed by atoms with Gasteiger partial charge >= 0.3 is 5.97 Å². The number of carboxylic acids is 1. The molecule has 0 unspecified atom stereocenters. The molecule has 2 N–H and O–H groups in total. The van der Waals surface area contributed by atoms with Gasteiger partial charge in [0, 0.05) is 5.56 Å². The summed E-state index contributed by atoms with van der Waals surface area (Å²) in [6, 6.07) is 3.41. The van der Waals surface area contributed by atoms with Crippen LogP contribution in [0.1, 0.15) is 38.7 Å². The SMILES string of the molecule is CC(C)(C(=O)O)C1(NC(=O)Cc2c(F)cccc2F)CCC1. The first-order valence-electron chi connectivity index (χ1n) is 7.17. The van der Waals surface area contributed by atoms with Crippen molar-refractivity contribution in [1.29, 1.82) is 0 Å². The average Bonchev–Trinajstić information content (AvgIpc) is 2.38. The van der Waals surface area contributed by atoms with Crippen molar-refractivity contribution in [3.05, 3.63) is 35.4 Å². The Hall–Kier alpha value is -1.98. The lowest BCUT2D eigenvalue weighted by Crippen LogP contribution is -2.65. The van der Waals surface area contributed by atoms with E-state index in [4.69, 9.17) is 0 Å². The number of benzene rings is 1. The van der Waals surface area contributed by atoms with Crippen LogP contribution in [0.25, 0.3) is 0 Å². The number of carbonyl (C=O) groups excluding carboxylic acids is 1. The highest BCUT2D eigenvalue weighted by atomic mass is 19.1. The van der Waals surface area contributed by atoms with E-state index < -0.39 is 40.9 Å². The molecule has 1 saturated carbocycles. The van der Waals surface area contributed by atoms with Crippen molar-refractivity contribution in [2.24, 2.45) is 5.41 Å². The van der Waals surface area contributed by atoms with E-state index in [9.17, 15) is 23.5 Å². The normalized spacial score (nSPS) is 16.7. The number of rotatable bonds is 5. The molecular weight excluding hydrogens is 292 g/mol. The monoisotopic (exact) mass is 311 g/mol. The summed E-state index contributed by atoms with van der Waals surface area (Å²) >= 11 is 0. The largest absolute Gasteiger partial charge is 0.481 e. The van der Waals surface area contributed by atoms with E-state index in [1.54, 1.807) is 13.8 Å². The van der Waals surface area contributed by atoms with Crippen LogP contribution in [0.3, 0.4) is 0 Å². The molecule has 1 amide bonds. The predicted octanol–water partition coefficient (Wildman–Crippen LogP) is 2.66. The Bertz CT molecular complexity index is 589. The summed E-state index contributed by atoms with van der Waals surface area (Å²) in [5.74, 6) is -3.15. The van der Waals surface area contributed by atoms with Gasteiger partial charge in [0.1, 0.15) is 11.6 Å². The highest BCUT2D eigenvalue weighted by Gasteiger charge is 2.54. The maximum absolute atomic E-state index is 13.6. The van der Waals surface area contributed by atoms with Crippen LogP contribution in [-0.2, 0) is 16.0 Å². The molecule has 0 atom stereocenters. The molecule has 1 fully saturated rings. The summed E-state index contributed by atoms with van der Waals surface area (Å²) in [5, 5.41) is 12.1. The maximum atomic E-state index is 13.6. The lowest BCUT2D eigenvalue weighted by Gasteiger charge is -2.51. The predicted molar refractivity (Wildman–Crippen MR) is 76.2 cm³/mol. The van der Waals surface area contributed by atoms with Crippen LogP contribution in [-0.4, -0.2) is 22.5 Å². The molecule has 0 spiro atoms. The van der Waals surface area contributed by atoms with E-state index in [0.29, 0.717) is 12.8 Å². The van der Waals surface area contributed by atoms with Gasteiger partial charge in [-0.1, -0.05) is 6.07 Å². The lowest BCUT2D eigenvalue weighted by molar-refractivity contribution is -0.156. The molecule has 0 heterocycles. The molecule has 6 heteroatoms. The number of hydrogen-bond acceptors (Lipinski definition) is 2. The Balaban J connectivity index is 2.16. The maximum Gasteiger partial charge on any atom is 0.311 e. The smallest absolute Gasteiger partial charge is 0.311 e. The molecule has 1 aliphatic rings. The molecule has 0 aromatic heterocycles. The minimum absolute atomic E-state index is 0.303. The second kappa shape index (κ2) is 5.66. The lowest BCUT2D eigenvalue weighted by atomic mass is 9.60. The number of halogens is 2. The Morgan fingerprint density at radius 3 is 2.23 bits per heavy atom. The molecule has 120 valence electrons. The van der Waals surface area contributed by atoms with Crippen molar-refractivity contribution in [3.63, 3.8) is 0 Å². The van der Waals surface area contributed by atoms with Gasteiger partial charge in [0.25, 0.3) is 0 Å². The number of hydrogen-bond donors (Lipinski definition) is 2. The van der Waals surface area contributed by atoms with Gasteiger partial charge in [0.05, 0.1) is 17.4 Å². The van der Waals surface area contributed by atoms with Gasteiger partial charge in [0.15, 0.2) is 0 Å². The van der Waals surface area contributed by atoms with Crippen molar-refractivity contribution in [3.8, 4) is 0 Å². The molecular formula is C16H19F2NO3. The highest BCUT2D eigenvalue weighted by Crippen LogP contribution is 2.46. The third-order valence-electron chi connectivity index (χ3n) is 4.72. The highest BCUT2D eigenvalue weighted by molar-refractivity contribution is 5.82. The number of aliphatic carboxylic acids is 1. The number of nitrogens with one attached hydrogen (secondary N) is 1. The fraction of sp³-hybridized carbons (Fsp3) is 0.500. The van der Waals surface area contributed by atoms with Crippen LogP contribution in [0.2, 0.25) is 0 Å². The summed E-state index contributed by atoms with van der Waals surface area (Å²) in [6.07, 6.45) is 1.44. The number of carbonyl (C=O) groups is 2. The summed E-state index contributed by atoms with van der Waals surface area (Å²) in [5.41, 5.74) is -2.31. The first-order valence-corrected chi connectivity index (χ1v) is 7.17. The van der Waals surface area contributed by atoms with E-state index in [1.165, 1.54) is 6.07 Å². The van der Waals surface area contributed by atoms with Crippen molar-refractivity contribution >= 4 is 11.9 Å². The van der Waals surface area contributed by atoms with Crippen LogP contribution in [0, 0.1) is 17.0 Å². The fourth-order valence-corrected chi connectivity index (χ4v) is 2.81. The summed E-state index contributed by atoms with van der Waals surface area (Å²) in [6.45, 7) is 3.11. The van der Waals surface area contributed by atoms with E-state index in [1.807, 2.05) is 0 Å². The fourth-order valence-electron chi connectivity index (χ4n) is 2.81. The van der Waals surface area contributed by atoms with Gasteiger partial charge in [-0.2, -0.15) is 0 Å². The molecule has 4 nitrogen and oxygen atoms in total. The van der Waals surface area contributed by atoms with E-state index in [0.717, 1.165) is 18.6 Å². The van der Waals surface area contributed by atoms with Crippen molar-refractivity contribution in [2.75, 3.05) is 0 Å². The minimum atomic E-state index is -1.14. The zero-order chi connectivity index (χ0) is 16.5. The molecule has 0 radical (unpaired) electrons. The van der Waals surface area contributed by atoms with Crippen LogP contribution in [0.5, 0.6) is 0 Å². The Kier molecular flexibility index (Phi) is 4.22.